The highest BCUT2D eigenvalue weighted by atomic mass is 32.1. The lowest BCUT2D eigenvalue weighted by Crippen LogP contribution is -2.23. The number of rotatable bonds is 5. The van der Waals surface area contributed by atoms with Crippen LogP contribution >= 0.6 is 11.3 Å². The van der Waals surface area contributed by atoms with E-state index < -0.39 is 0 Å². The van der Waals surface area contributed by atoms with Crippen molar-refractivity contribution in [3.05, 3.63) is 81.9 Å². The molecule has 0 fully saturated rings. The lowest BCUT2D eigenvalue weighted by molar-refractivity contribution is 0.363. The normalized spacial score (nSPS) is 11.8. The highest BCUT2D eigenvalue weighted by Gasteiger charge is 2.11. The first-order valence-corrected chi connectivity index (χ1v) is 8.72. The predicted molar refractivity (Wildman–Crippen MR) is 101 cm³/mol. The SMILES string of the molecule is C=CCOc1ccc(C=c2sc3nc(-c4ccncc4)nn3c2=O)cc1. The number of aromatic nitrogens is 4. The van der Waals surface area contributed by atoms with E-state index in [0.717, 1.165) is 16.9 Å². The number of hydrogen-bond donors (Lipinski definition) is 0. The molecule has 0 saturated carbocycles. The van der Waals surface area contributed by atoms with Gasteiger partial charge in [0.05, 0.1) is 4.53 Å². The minimum atomic E-state index is -0.176. The molecule has 0 aliphatic rings. The third-order valence-electron chi connectivity index (χ3n) is 3.67. The van der Waals surface area contributed by atoms with E-state index in [0.29, 0.717) is 21.9 Å². The second kappa shape index (κ2) is 6.89. The molecule has 7 heteroatoms. The first kappa shape index (κ1) is 16.2. The van der Waals surface area contributed by atoms with Crippen molar-refractivity contribution in [2.45, 2.75) is 0 Å². The van der Waals surface area contributed by atoms with Crippen molar-refractivity contribution < 1.29 is 4.74 Å². The van der Waals surface area contributed by atoms with E-state index in [1.807, 2.05) is 42.5 Å². The fourth-order valence-corrected chi connectivity index (χ4v) is 3.33. The minimum Gasteiger partial charge on any atom is -0.490 e. The molecule has 0 bridgehead atoms. The second-order valence-corrected chi connectivity index (χ2v) is 6.46. The summed E-state index contributed by atoms with van der Waals surface area (Å²) in [6.07, 6.45) is 6.86. The molecule has 1 aromatic carbocycles. The molecule has 4 rings (SSSR count). The van der Waals surface area contributed by atoms with Crippen LogP contribution in [-0.2, 0) is 0 Å². The Kier molecular flexibility index (Phi) is 4.28. The molecule has 0 radical (unpaired) electrons. The van der Waals surface area contributed by atoms with Crippen molar-refractivity contribution >= 4 is 22.4 Å². The molecule has 26 heavy (non-hydrogen) atoms. The van der Waals surface area contributed by atoms with Crippen LogP contribution < -0.4 is 14.8 Å². The summed E-state index contributed by atoms with van der Waals surface area (Å²) >= 11 is 1.31. The van der Waals surface area contributed by atoms with Gasteiger partial charge in [-0.15, -0.1) is 5.10 Å². The zero-order chi connectivity index (χ0) is 17.9. The van der Waals surface area contributed by atoms with Gasteiger partial charge in [0.25, 0.3) is 5.56 Å². The van der Waals surface area contributed by atoms with E-state index in [2.05, 4.69) is 21.6 Å². The number of nitrogens with zero attached hydrogens (tertiary/aromatic N) is 4. The lowest BCUT2D eigenvalue weighted by Gasteiger charge is -2.02. The molecule has 0 unspecified atom stereocenters. The van der Waals surface area contributed by atoms with Crippen LogP contribution in [0.1, 0.15) is 5.56 Å². The van der Waals surface area contributed by atoms with Gasteiger partial charge in [-0.2, -0.15) is 9.50 Å². The lowest BCUT2D eigenvalue weighted by atomic mass is 10.2. The predicted octanol–water partition coefficient (Wildman–Crippen LogP) is 2.33. The zero-order valence-electron chi connectivity index (χ0n) is 13.7. The molecule has 0 aliphatic heterocycles. The highest BCUT2D eigenvalue weighted by Crippen LogP contribution is 2.15. The molecule has 0 atom stereocenters. The van der Waals surface area contributed by atoms with E-state index in [9.17, 15) is 4.79 Å². The van der Waals surface area contributed by atoms with Gasteiger partial charge in [-0.1, -0.05) is 36.1 Å². The standard InChI is InChI=1S/C19H14N4O2S/c1-2-11-25-15-5-3-13(4-6-15)12-16-18(24)23-19(26-16)21-17(22-23)14-7-9-20-10-8-14/h2-10,12H,1,11H2. The van der Waals surface area contributed by atoms with E-state index in [1.165, 1.54) is 15.9 Å². The third-order valence-corrected chi connectivity index (χ3v) is 4.63. The summed E-state index contributed by atoms with van der Waals surface area (Å²) < 4.78 is 7.38. The number of hydrogen-bond acceptors (Lipinski definition) is 6. The number of benzene rings is 1. The van der Waals surface area contributed by atoms with E-state index in [-0.39, 0.29) is 5.56 Å². The van der Waals surface area contributed by atoms with Crippen molar-refractivity contribution in [2.24, 2.45) is 0 Å². The minimum absolute atomic E-state index is 0.176. The fraction of sp³-hybridized carbons (Fsp3) is 0.0526. The maximum absolute atomic E-state index is 12.6. The van der Waals surface area contributed by atoms with Crippen LogP contribution in [0.4, 0.5) is 0 Å². The molecule has 6 nitrogen and oxygen atoms in total. The molecule has 0 aliphatic carbocycles. The van der Waals surface area contributed by atoms with Crippen LogP contribution in [0.5, 0.6) is 5.75 Å². The van der Waals surface area contributed by atoms with E-state index in [4.69, 9.17) is 4.74 Å². The van der Waals surface area contributed by atoms with Crippen molar-refractivity contribution in [3.8, 4) is 17.1 Å². The number of pyridine rings is 1. The number of ether oxygens (including phenoxy) is 1. The maximum Gasteiger partial charge on any atom is 0.291 e. The number of fused-ring (bicyclic) bond motifs is 1. The first-order valence-electron chi connectivity index (χ1n) is 7.90. The average molecular weight is 362 g/mol. The van der Waals surface area contributed by atoms with Crippen LogP contribution in [0.25, 0.3) is 22.4 Å². The summed E-state index contributed by atoms with van der Waals surface area (Å²) in [5.41, 5.74) is 1.56. The van der Waals surface area contributed by atoms with E-state index in [1.54, 1.807) is 18.5 Å². The van der Waals surface area contributed by atoms with Gasteiger partial charge in [-0.05, 0) is 35.9 Å². The first-order chi connectivity index (χ1) is 12.7. The maximum atomic E-state index is 12.6. The molecule has 0 N–H and O–H groups in total. The third kappa shape index (κ3) is 3.12. The highest BCUT2D eigenvalue weighted by molar-refractivity contribution is 7.15. The smallest absolute Gasteiger partial charge is 0.291 e. The summed E-state index contributed by atoms with van der Waals surface area (Å²) in [7, 11) is 0. The fourth-order valence-electron chi connectivity index (χ4n) is 2.42. The van der Waals surface area contributed by atoms with Gasteiger partial charge >= 0.3 is 0 Å². The van der Waals surface area contributed by atoms with Gasteiger partial charge in [-0.25, -0.2) is 0 Å². The average Bonchev–Trinajstić information content (AvgIpc) is 3.22. The molecule has 3 aromatic heterocycles. The Morgan fingerprint density at radius 3 is 2.62 bits per heavy atom. The van der Waals surface area contributed by atoms with Crippen LogP contribution in [0.15, 0.2) is 66.2 Å². The Labute approximate surface area is 152 Å². The Balaban J connectivity index is 1.68. The largest absolute Gasteiger partial charge is 0.490 e. The van der Waals surface area contributed by atoms with Gasteiger partial charge in [-0.3, -0.25) is 9.78 Å². The summed E-state index contributed by atoms with van der Waals surface area (Å²) in [5.74, 6) is 1.28. The van der Waals surface area contributed by atoms with Crippen molar-refractivity contribution in [3.63, 3.8) is 0 Å². The van der Waals surface area contributed by atoms with Crippen LogP contribution in [0.3, 0.4) is 0 Å². The molecule has 3 heterocycles. The van der Waals surface area contributed by atoms with Gasteiger partial charge in [0.15, 0.2) is 5.82 Å². The molecule has 4 aromatic rings. The van der Waals surface area contributed by atoms with Gasteiger partial charge < -0.3 is 4.74 Å². The topological polar surface area (TPSA) is 69.4 Å². The van der Waals surface area contributed by atoms with Crippen LogP contribution in [0, 0.1) is 0 Å². The summed E-state index contributed by atoms with van der Waals surface area (Å²) in [6.45, 7) is 4.08. The van der Waals surface area contributed by atoms with Gasteiger partial charge in [0.2, 0.25) is 4.96 Å². The van der Waals surface area contributed by atoms with Crippen LogP contribution in [-0.4, -0.2) is 26.2 Å². The van der Waals surface area contributed by atoms with Crippen molar-refractivity contribution in [1.82, 2.24) is 19.6 Å². The quantitative estimate of drug-likeness (QED) is 0.510. The summed E-state index contributed by atoms with van der Waals surface area (Å²) in [4.78, 5) is 21.6. The molecular formula is C19H14N4O2S. The van der Waals surface area contributed by atoms with Crippen molar-refractivity contribution in [1.29, 1.82) is 0 Å². The van der Waals surface area contributed by atoms with Gasteiger partial charge in [0.1, 0.15) is 12.4 Å². The molecular weight excluding hydrogens is 348 g/mol. The Bertz CT molecular complexity index is 1160. The molecule has 0 spiro atoms. The summed E-state index contributed by atoms with van der Waals surface area (Å²) in [5, 5.41) is 4.32. The Hall–Kier alpha value is -3.32. The molecule has 128 valence electrons. The zero-order valence-corrected chi connectivity index (χ0v) is 14.5. The van der Waals surface area contributed by atoms with Crippen LogP contribution in [0.2, 0.25) is 0 Å². The molecule has 0 amide bonds. The Morgan fingerprint density at radius 2 is 1.92 bits per heavy atom. The second-order valence-electron chi connectivity index (χ2n) is 5.45. The van der Waals surface area contributed by atoms with Crippen molar-refractivity contribution in [2.75, 3.05) is 6.61 Å². The molecule has 0 saturated heterocycles. The summed E-state index contributed by atoms with van der Waals surface area (Å²) in [6, 6.07) is 11.1. The number of thiazole rings is 1. The van der Waals surface area contributed by atoms with E-state index >= 15 is 0 Å². The van der Waals surface area contributed by atoms with Gasteiger partial charge in [0, 0.05) is 18.0 Å². The monoisotopic (exact) mass is 362 g/mol. The Morgan fingerprint density at radius 1 is 1.15 bits per heavy atom.